The monoisotopic (exact) mass is 267 g/mol. The Kier molecular flexibility index (Phi) is 5.40. The Morgan fingerprint density at radius 1 is 1.37 bits per heavy atom. The second kappa shape index (κ2) is 6.85. The van der Waals surface area contributed by atoms with Crippen molar-refractivity contribution >= 4 is 6.29 Å². The van der Waals surface area contributed by atoms with Crippen LogP contribution in [0.15, 0.2) is 0 Å². The molecule has 3 nitrogen and oxygen atoms in total. The second-order valence-electron chi connectivity index (χ2n) is 6.81. The molecule has 0 radical (unpaired) electrons. The highest BCUT2D eigenvalue weighted by molar-refractivity contribution is 5.60. The predicted molar refractivity (Wildman–Crippen MR) is 77.0 cm³/mol. The molecule has 0 aromatic carbocycles. The number of hydrogen-bond acceptors (Lipinski definition) is 3. The van der Waals surface area contributed by atoms with E-state index in [-0.39, 0.29) is 5.41 Å². The van der Waals surface area contributed by atoms with Gasteiger partial charge in [0.2, 0.25) is 0 Å². The van der Waals surface area contributed by atoms with Crippen molar-refractivity contribution in [3.8, 4) is 0 Å². The summed E-state index contributed by atoms with van der Waals surface area (Å²) in [6, 6.07) is 0.598. The molecule has 0 aromatic heterocycles. The van der Waals surface area contributed by atoms with Crippen molar-refractivity contribution in [2.24, 2.45) is 11.3 Å². The van der Waals surface area contributed by atoms with E-state index in [1.165, 1.54) is 32.0 Å². The van der Waals surface area contributed by atoms with Crippen LogP contribution in [0.5, 0.6) is 0 Å². The van der Waals surface area contributed by atoms with Gasteiger partial charge in [-0.25, -0.2) is 0 Å². The molecular formula is C16H29NO2. The summed E-state index contributed by atoms with van der Waals surface area (Å²) in [5, 5.41) is 8.99. The van der Waals surface area contributed by atoms with Gasteiger partial charge >= 0.3 is 0 Å². The molecule has 0 spiro atoms. The average molecular weight is 267 g/mol. The SMILES string of the molecule is CC1CCCC(C=O)(CN2CCCC2CCCO)C1. The van der Waals surface area contributed by atoms with E-state index in [4.69, 9.17) is 5.11 Å². The van der Waals surface area contributed by atoms with Crippen LogP contribution >= 0.6 is 0 Å². The molecule has 1 saturated carbocycles. The van der Waals surface area contributed by atoms with E-state index in [2.05, 4.69) is 11.8 Å². The predicted octanol–water partition coefficient (Wildman–Crippen LogP) is 2.62. The van der Waals surface area contributed by atoms with Gasteiger partial charge < -0.3 is 9.90 Å². The zero-order valence-corrected chi connectivity index (χ0v) is 12.3. The minimum atomic E-state index is -0.0839. The minimum absolute atomic E-state index is 0.0839. The smallest absolute Gasteiger partial charge is 0.127 e. The van der Waals surface area contributed by atoms with Gasteiger partial charge in [-0.3, -0.25) is 4.90 Å². The van der Waals surface area contributed by atoms with E-state index in [1.54, 1.807) is 0 Å². The van der Waals surface area contributed by atoms with Gasteiger partial charge in [0.15, 0.2) is 0 Å². The molecule has 2 aliphatic rings. The first-order chi connectivity index (χ1) is 9.19. The van der Waals surface area contributed by atoms with Crippen LogP contribution in [0.25, 0.3) is 0 Å². The first kappa shape index (κ1) is 15.0. The Balaban J connectivity index is 1.95. The highest BCUT2D eigenvalue weighted by atomic mass is 16.2. The highest BCUT2D eigenvalue weighted by Crippen LogP contribution is 2.39. The van der Waals surface area contributed by atoms with E-state index in [1.807, 2.05) is 0 Å². The maximum absolute atomic E-state index is 11.7. The lowest BCUT2D eigenvalue weighted by Gasteiger charge is -2.40. The van der Waals surface area contributed by atoms with Crippen molar-refractivity contribution < 1.29 is 9.90 Å². The molecule has 0 amide bonds. The molecular weight excluding hydrogens is 238 g/mol. The van der Waals surface area contributed by atoms with E-state index >= 15 is 0 Å². The lowest BCUT2D eigenvalue weighted by atomic mass is 9.70. The quantitative estimate of drug-likeness (QED) is 0.752. The van der Waals surface area contributed by atoms with Crippen molar-refractivity contribution in [3.63, 3.8) is 0 Å². The van der Waals surface area contributed by atoms with Crippen LogP contribution in [0.3, 0.4) is 0 Å². The van der Waals surface area contributed by atoms with E-state index in [9.17, 15) is 4.79 Å². The number of aliphatic hydroxyl groups excluding tert-OH is 1. The van der Waals surface area contributed by atoms with Crippen LogP contribution in [0.1, 0.15) is 58.3 Å². The van der Waals surface area contributed by atoms with Crippen molar-refractivity contribution in [2.45, 2.75) is 64.3 Å². The Labute approximate surface area is 117 Å². The lowest BCUT2D eigenvalue weighted by Crippen LogP contribution is -2.43. The molecule has 3 unspecified atom stereocenters. The van der Waals surface area contributed by atoms with Crippen LogP contribution < -0.4 is 0 Å². The van der Waals surface area contributed by atoms with Crippen LogP contribution in [0, 0.1) is 11.3 Å². The third-order valence-electron chi connectivity index (χ3n) is 5.09. The topological polar surface area (TPSA) is 40.5 Å². The van der Waals surface area contributed by atoms with Crippen LogP contribution in [-0.2, 0) is 4.79 Å². The first-order valence-corrected chi connectivity index (χ1v) is 8.00. The van der Waals surface area contributed by atoms with Gasteiger partial charge in [-0.05, 0) is 51.0 Å². The normalized spacial score (nSPS) is 36.5. The summed E-state index contributed by atoms with van der Waals surface area (Å²) in [6.45, 7) is 4.67. The zero-order chi connectivity index (χ0) is 13.7. The standard InChI is InChI=1S/C16H29NO2/c1-14-5-2-8-16(11-14,13-19)12-17-9-3-6-15(17)7-4-10-18/h13-15,18H,2-12H2,1H3. The Hall–Kier alpha value is -0.410. The summed E-state index contributed by atoms with van der Waals surface area (Å²) in [5.41, 5.74) is -0.0839. The number of nitrogens with zero attached hydrogens (tertiary/aromatic N) is 1. The van der Waals surface area contributed by atoms with Crippen molar-refractivity contribution in [3.05, 3.63) is 0 Å². The third-order valence-corrected chi connectivity index (χ3v) is 5.09. The fourth-order valence-corrected chi connectivity index (χ4v) is 4.15. The van der Waals surface area contributed by atoms with Crippen LogP contribution in [-0.4, -0.2) is 42.0 Å². The minimum Gasteiger partial charge on any atom is -0.396 e. The molecule has 2 rings (SSSR count). The lowest BCUT2D eigenvalue weighted by molar-refractivity contribution is -0.120. The fourth-order valence-electron chi connectivity index (χ4n) is 4.15. The number of rotatable bonds is 6. The van der Waals surface area contributed by atoms with Gasteiger partial charge in [0.1, 0.15) is 6.29 Å². The zero-order valence-electron chi connectivity index (χ0n) is 12.3. The molecule has 1 N–H and O–H groups in total. The third kappa shape index (κ3) is 3.79. The number of hydrogen-bond donors (Lipinski definition) is 1. The maximum atomic E-state index is 11.7. The van der Waals surface area contributed by atoms with Gasteiger partial charge in [0.05, 0.1) is 0 Å². The summed E-state index contributed by atoms with van der Waals surface area (Å²) >= 11 is 0. The van der Waals surface area contributed by atoms with Gasteiger partial charge in [-0.2, -0.15) is 0 Å². The van der Waals surface area contributed by atoms with Crippen molar-refractivity contribution in [1.29, 1.82) is 0 Å². The molecule has 0 bridgehead atoms. The number of aldehydes is 1. The molecule has 1 aliphatic carbocycles. The first-order valence-electron chi connectivity index (χ1n) is 8.00. The molecule has 2 fully saturated rings. The molecule has 3 heteroatoms. The van der Waals surface area contributed by atoms with E-state index in [0.717, 1.165) is 38.8 Å². The summed E-state index contributed by atoms with van der Waals surface area (Å²) < 4.78 is 0. The van der Waals surface area contributed by atoms with Crippen molar-refractivity contribution in [1.82, 2.24) is 4.90 Å². The van der Waals surface area contributed by atoms with Gasteiger partial charge in [-0.15, -0.1) is 0 Å². The summed E-state index contributed by atoms with van der Waals surface area (Å²) in [7, 11) is 0. The Morgan fingerprint density at radius 3 is 2.89 bits per heavy atom. The molecule has 1 saturated heterocycles. The van der Waals surface area contributed by atoms with Crippen molar-refractivity contribution in [2.75, 3.05) is 19.7 Å². The van der Waals surface area contributed by atoms with Gasteiger partial charge in [-0.1, -0.05) is 19.8 Å². The molecule has 1 aliphatic heterocycles. The molecule has 3 atom stereocenters. The van der Waals surface area contributed by atoms with Gasteiger partial charge in [0, 0.05) is 24.6 Å². The molecule has 19 heavy (non-hydrogen) atoms. The number of likely N-dealkylation sites (tertiary alicyclic amines) is 1. The second-order valence-corrected chi connectivity index (χ2v) is 6.81. The average Bonchev–Trinajstić information content (AvgIpc) is 2.83. The largest absolute Gasteiger partial charge is 0.396 e. The highest BCUT2D eigenvalue weighted by Gasteiger charge is 2.38. The molecule has 0 aromatic rings. The summed E-state index contributed by atoms with van der Waals surface area (Å²) in [6.07, 6.45) is 10.4. The number of carbonyl (C=O) groups excluding carboxylic acids is 1. The van der Waals surface area contributed by atoms with Crippen LogP contribution in [0.4, 0.5) is 0 Å². The maximum Gasteiger partial charge on any atom is 0.127 e. The van der Waals surface area contributed by atoms with Crippen LogP contribution in [0.2, 0.25) is 0 Å². The van der Waals surface area contributed by atoms with E-state index in [0.29, 0.717) is 18.6 Å². The fraction of sp³-hybridized carbons (Fsp3) is 0.938. The van der Waals surface area contributed by atoms with E-state index < -0.39 is 0 Å². The summed E-state index contributed by atoms with van der Waals surface area (Å²) in [4.78, 5) is 14.2. The number of aliphatic hydroxyl groups is 1. The van der Waals surface area contributed by atoms with Gasteiger partial charge in [0.25, 0.3) is 0 Å². The summed E-state index contributed by atoms with van der Waals surface area (Å²) in [5.74, 6) is 0.692. The Morgan fingerprint density at radius 2 is 2.21 bits per heavy atom. The Bertz CT molecular complexity index is 294. The number of carbonyl (C=O) groups is 1. The molecule has 110 valence electrons. The molecule has 1 heterocycles.